The highest BCUT2D eigenvalue weighted by Gasteiger charge is 2.17. The zero-order valence-electron chi connectivity index (χ0n) is 13.6. The molecule has 25 heavy (non-hydrogen) atoms. The summed E-state index contributed by atoms with van der Waals surface area (Å²) in [7, 11) is 0. The maximum absolute atomic E-state index is 12.6. The van der Waals surface area contributed by atoms with Crippen molar-refractivity contribution >= 4 is 22.5 Å². The number of ether oxygens (including phenoxy) is 1. The molecule has 2 N–H and O–H groups in total. The number of aromatic amines is 1. The second kappa shape index (κ2) is 6.52. The number of nitrogens with zero attached hydrogens (tertiary/aromatic N) is 2. The number of nitrogens with one attached hydrogen (secondary N) is 2. The number of rotatable bonds is 4. The smallest absolute Gasteiger partial charge is 0.256 e. The van der Waals surface area contributed by atoms with Gasteiger partial charge in [0.15, 0.2) is 0 Å². The van der Waals surface area contributed by atoms with Crippen LogP contribution in [-0.4, -0.2) is 33.4 Å². The fourth-order valence-electron chi connectivity index (χ4n) is 3.12. The zero-order valence-corrected chi connectivity index (χ0v) is 13.6. The van der Waals surface area contributed by atoms with E-state index in [1.807, 2.05) is 12.1 Å². The quantitative estimate of drug-likeness (QED) is 0.763. The number of hydrogen-bond acceptors (Lipinski definition) is 4. The molecule has 0 unspecified atom stereocenters. The molecule has 1 amide bonds. The van der Waals surface area contributed by atoms with Crippen LogP contribution in [0.15, 0.2) is 47.5 Å². The van der Waals surface area contributed by atoms with Crippen molar-refractivity contribution in [2.75, 3.05) is 11.9 Å². The summed E-state index contributed by atoms with van der Waals surface area (Å²) in [6, 6.07) is 8.54. The number of aromatic nitrogens is 3. The van der Waals surface area contributed by atoms with Crippen molar-refractivity contribution < 1.29 is 9.53 Å². The molecule has 0 bridgehead atoms. The standard InChI is InChI=1S/C18H18N4O3/c23-17-8-15(14-5-1-2-6-16(14)21-17)18(24)20-12-9-19-22(10-12)11-13-4-3-7-25-13/h1-2,5-6,8-10,13H,3-4,7,11H2,(H,20,24)(H,21,23)/t13-/m1/s1. The number of anilines is 1. The summed E-state index contributed by atoms with van der Waals surface area (Å²) in [6.45, 7) is 1.47. The molecule has 4 rings (SSSR count). The van der Waals surface area contributed by atoms with Gasteiger partial charge >= 0.3 is 0 Å². The van der Waals surface area contributed by atoms with Gasteiger partial charge in [-0.25, -0.2) is 0 Å². The molecule has 0 spiro atoms. The molecule has 0 saturated carbocycles. The van der Waals surface area contributed by atoms with Crippen molar-refractivity contribution in [2.24, 2.45) is 0 Å². The first-order valence-electron chi connectivity index (χ1n) is 8.26. The summed E-state index contributed by atoms with van der Waals surface area (Å²) in [5, 5.41) is 7.77. The van der Waals surface area contributed by atoms with Crippen LogP contribution in [0.2, 0.25) is 0 Å². The van der Waals surface area contributed by atoms with Gasteiger partial charge in [-0.05, 0) is 18.9 Å². The van der Waals surface area contributed by atoms with Crippen LogP contribution < -0.4 is 10.9 Å². The maximum Gasteiger partial charge on any atom is 0.256 e. The normalized spacial score (nSPS) is 17.0. The minimum atomic E-state index is -0.334. The molecule has 7 nitrogen and oxygen atoms in total. The van der Waals surface area contributed by atoms with Gasteiger partial charge in [-0.3, -0.25) is 14.3 Å². The third-order valence-corrected chi connectivity index (χ3v) is 4.30. The first-order valence-corrected chi connectivity index (χ1v) is 8.26. The predicted octanol–water partition coefficient (Wildman–Crippen LogP) is 2.16. The van der Waals surface area contributed by atoms with Gasteiger partial charge in [-0.15, -0.1) is 0 Å². The van der Waals surface area contributed by atoms with Gasteiger partial charge in [-0.2, -0.15) is 5.10 Å². The second-order valence-corrected chi connectivity index (χ2v) is 6.13. The first kappa shape index (κ1) is 15.6. The molecule has 1 aliphatic heterocycles. The van der Waals surface area contributed by atoms with Gasteiger partial charge in [-0.1, -0.05) is 18.2 Å². The lowest BCUT2D eigenvalue weighted by atomic mass is 10.1. The van der Waals surface area contributed by atoms with Crippen LogP contribution in [0.1, 0.15) is 23.2 Å². The van der Waals surface area contributed by atoms with E-state index in [1.165, 1.54) is 6.07 Å². The predicted molar refractivity (Wildman–Crippen MR) is 93.7 cm³/mol. The zero-order chi connectivity index (χ0) is 17.2. The molecule has 1 saturated heterocycles. The van der Waals surface area contributed by atoms with E-state index in [1.54, 1.807) is 29.2 Å². The lowest BCUT2D eigenvalue weighted by molar-refractivity contribution is 0.0940. The van der Waals surface area contributed by atoms with Gasteiger partial charge in [0, 0.05) is 29.8 Å². The molecule has 1 atom stereocenters. The summed E-state index contributed by atoms with van der Waals surface area (Å²) >= 11 is 0. The molecule has 3 heterocycles. The van der Waals surface area contributed by atoms with Gasteiger partial charge in [0.25, 0.3) is 5.91 Å². The molecule has 1 aliphatic rings. The number of amides is 1. The molecule has 3 aromatic rings. The largest absolute Gasteiger partial charge is 0.376 e. The van der Waals surface area contributed by atoms with Crippen molar-refractivity contribution in [2.45, 2.75) is 25.5 Å². The Bertz CT molecular complexity index is 970. The van der Waals surface area contributed by atoms with Gasteiger partial charge in [0.2, 0.25) is 5.56 Å². The molecule has 128 valence electrons. The van der Waals surface area contributed by atoms with Crippen LogP contribution >= 0.6 is 0 Å². The third kappa shape index (κ3) is 3.32. The fourth-order valence-corrected chi connectivity index (χ4v) is 3.12. The molecule has 0 aliphatic carbocycles. The first-order chi connectivity index (χ1) is 12.2. The van der Waals surface area contributed by atoms with Crippen LogP contribution in [0.5, 0.6) is 0 Å². The Morgan fingerprint density at radius 1 is 1.40 bits per heavy atom. The number of para-hydroxylation sites is 1. The fraction of sp³-hybridized carbons (Fsp3) is 0.278. The number of H-pyrrole nitrogens is 1. The summed E-state index contributed by atoms with van der Waals surface area (Å²) in [5.41, 5.74) is 1.26. The van der Waals surface area contributed by atoms with E-state index in [-0.39, 0.29) is 17.6 Å². The molecule has 1 fully saturated rings. The minimum absolute atomic E-state index is 0.181. The van der Waals surface area contributed by atoms with Crippen molar-refractivity contribution in [3.8, 4) is 0 Å². The van der Waals surface area contributed by atoms with E-state index in [0.717, 1.165) is 19.4 Å². The summed E-state index contributed by atoms with van der Waals surface area (Å²) in [5.74, 6) is -0.334. The molecule has 1 aromatic carbocycles. The highest BCUT2D eigenvalue weighted by molar-refractivity contribution is 6.12. The van der Waals surface area contributed by atoms with Crippen LogP contribution in [0, 0.1) is 0 Å². The van der Waals surface area contributed by atoms with Crippen molar-refractivity contribution in [3.63, 3.8) is 0 Å². The number of carbonyl (C=O) groups excluding carboxylic acids is 1. The Morgan fingerprint density at radius 2 is 2.28 bits per heavy atom. The Hall–Kier alpha value is -2.93. The van der Waals surface area contributed by atoms with Gasteiger partial charge < -0.3 is 15.0 Å². The van der Waals surface area contributed by atoms with Crippen molar-refractivity contribution in [1.82, 2.24) is 14.8 Å². The van der Waals surface area contributed by atoms with E-state index in [9.17, 15) is 9.59 Å². The Balaban J connectivity index is 1.54. The molecule has 7 heteroatoms. The average Bonchev–Trinajstić information content (AvgIpc) is 3.26. The Morgan fingerprint density at radius 3 is 3.12 bits per heavy atom. The highest BCUT2D eigenvalue weighted by atomic mass is 16.5. The number of carbonyl (C=O) groups is 1. The van der Waals surface area contributed by atoms with Crippen LogP contribution in [0.25, 0.3) is 10.9 Å². The van der Waals surface area contributed by atoms with E-state index in [2.05, 4.69) is 15.4 Å². The van der Waals surface area contributed by atoms with E-state index in [0.29, 0.717) is 28.7 Å². The molecule has 2 aromatic heterocycles. The minimum Gasteiger partial charge on any atom is -0.376 e. The summed E-state index contributed by atoms with van der Waals surface area (Å²) in [4.78, 5) is 27.1. The highest BCUT2D eigenvalue weighted by Crippen LogP contribution is 2.18. The van der Waals surface area contributed by atoms with Crippen LogP contribution in [0.3, 0.4) is 0 Å². The monoisotopic (exact) mass is 338 g/mol. The number of hydrogen-bond donors (Lipinski definition) is 2. The number of pyridine rings is 1. The Kier molecular flexibility index (Phi) is 4.07. The summed E-state index contributed by atoms with van der Waals surface area (Å²) in [6.07, 6.45) is 5.66. The lowest BCUT2D eigenvalue weighted by Gasteiger charge is -2.08. The molecular formula is C18H18N4O3. The Labute approximate surface area is 143 Å². The molecule has 0 radical (unpaired) electrons. The van der Waals surface area contributed by atoms with E-state index in [4.69, 9.17) is 4.74 Å². The second-order valence-electron chi connectivity index (χ2n) is 6.13. The van der Waals surface area contributed by atoms with E-state index >= 15 is 0 Å². The SMILES string of the molecule is O=C(Nc1cnn(C[C@H]2CCCO2)c1)c1cc(=O)[nH]c2ccccc12. The van der Waals surface area contributed by atoms with Gasteiger partial charge in [0.1, 0.15) is 0 Å². The number of fused-ring (bicyclic) bond motifs is 1. The van der Waals surface area contributed by atoms with Crippen molar-refractivity contribution in [1.29, 1.82) is 0 Å². The third-order valence-electron chi connectivity index (χ3n) is 4.30. The van der Waals surface area contributed by atoms with Crippen molar-refractivity contribution in [3.05, 3.63) is 58.6 Å². The lowest BCUT2D eigenvalue weighted by Crippen LogP contribution is -2.17. The topological polar surface area (TPSA) is 89.0 Å². The summed E-state index contributed by atoms with van der Waals surface area (Å²) < 4.78 is 7.36. The van der Waals surface area contributed by atoms with Gasteiger partial charge in [0.05, 0.1) is 30.1 Å². The van der Waals surface area contributed by atoms with Crippen LogP contribution in [-0.2, 0) is 11.3 Å². The molecular weight excluding hydrogens is 320 g/mol. The maximum atomic E-state index is 12.6. The average molecular weight is 338 g/mol. The van der Waals surface area contributed by atoms with Crippen LogP contribution in [0.4, 0.5) is 5.69 Å². The number of benzene rings is 1. The van der Waals surface area contributed by atoms with E-state index < -0.39 is 0 Å².